The van der Waals surface area contributed by atoms with Crippen molar-refractivity contribution >= 4 is 34.3 Å². The largest absolute Gasteiger partial charge is 0.507 e. The molecule has 0 aliphatic carbocycles. The van der Waals surface area contributed by atoms with Crippen LogP contribution in [-0.2, 0) is 16.1 Å². The van der Waals surface area contributed by atoms with Gasteiger partial charge >= 0.3 is 0 Å². The summed E-state index contributed by atoms with van der Waals surface area (Å²) in [5.74, 6) is -1.08. The molecule has 0 saturated carbocycles. The van der Waals surface area contributed by atoms with Crippen molar-refractivity contribution in [3.8, 4) is 5.75 Å². The number of aryl methyl sites for hydroxylation is 1. The molecule has 1 aromatic heterocycles. The number of benzene rings is 1. The monoisotopic (exact) mass is 323 g/mol. The molecular formula is C14H14ClN3O4. The van der Waals surface area contributed by atoms with Gasteiger partial charge in [-0.05, 0) is 19.1 Å². The van der Waals surface area contributed by atoms with Gasteiger partial charge in [-0.15, -0.1) is 0 Å². The molecule has 1 heterocycles. The number of nitrogens with one attached hydrogen (secondary N) is 1. The zero-order valence-electron chi connectivity index (χ0n) is 12.0. The van der Waals surface area contributed by atoms with Crippen LogP contribution in [0.15, 0.2) is 16.9 Å². The predicted molar refractivity (Wildman–Crippen MR) is 80.9 cm³/mol. The van der Waals surface area contributed by atoms with Crippen molar-refractivity contribution in [3.63, 3.8) is 0 Å². The second-order valence-electron chi connectivity index (χ2n) is 4.69. The molecule has 0 radical (unpaired) electrons. The Bertz CT molecular complexity index is 829. The highest BCUT2D eigenvalue weighted by molar-refractivity contribution is 6.31. The number of phenols is 1. The van der Waals surface area contributed by atoms with E-state index in [1.807, 2.05) is 0 Å². The Morgan fingerprint density at radius 2 is 2.05 bits per heavy atom. The molecule has 8 heteroatoms. The van der Waals surface area contributed by atoms with E-state index < -0.39 is 17.4 Å². The van der Waals surface area contributed by atoms with Gasteiger partial charge in [0.2, 0.25) is 11.8 Å². The number of aromatic nitrogens is 2. The van der Waals surface area contributed by atoms with Crippen LogP contribution in [0, 0.1) is 6.92 Å². The first-order valence-corrected chi connectivity index (χ1v) is 6.93. The maximum absolute atomic E-state index is 12.4. The summed E-state index contributed by atoms with van der Waals surface area (Å²) in [5.41, 5.74) is -0.329. The Labute approximate surface area is 130 Å². The minimum Gasteiger partial charge on any atom is -0.507 e. The standard InChI is InChI=1S/C14H14ClN3O4/c1-3-11(20)17-12(21)6-18-7(2)16-9-4-8(15)5-10(19)13(9)14(18)22/h4-5,19H,3,6H2,1-2H3,(H,17,20,21). The number of nitrogens with zero attached hydrogens (tertiary/aromatic N) is 2. The van der Waals surface area contributed by atoms with Gasteiger partial charge in [0.25, 0.3) is 5.56 Å². The Kier molecular flexibility index (Phi) is 4.46. The van der Waals surface area contributed by atoms with Gasteiger partial charge in [0.05, 0.1) is 5.52 Å². The van der Waals surface area contributed by atoms with Gasteiger partial charge in [-0.1, -0.05) is 18.5 Å². The van der Waals surface area contributed by atoms with E-state index in [0.29, 0.717) is 0 Å². The first-order valence-electron chi connectivity index (χ1n) is 6.55. The van der Waals surface area contributed by atoms with Crippen LogP contribution in [0.25, 0.3) is 10.9 Å². The molecular weight excluding hydrogens is 310 g/mol. The highest BCUT2D eigenvalue weighted by Crippen LogP contribution is 2.25. The number of fused-ring (bicyclic) bond motifs is 1. The van der Waals surface area contributed by atoms with Crippen LogP contribution in [0.2, 0.25) is 5.02 Å². The molecule has 0 aliphatic heterocycles. The number of halogens is 1. The molecule has 0 atom stereocenters. The zero-order valence-corrected chi connectivity index (χ0v) is 12.8. The molecule has 0 unspecified atom stereocenters. The van der Waals surface area contributed by atoms with Crippen molar-refractivity contribution in [2.45, 2.75) is 26.8 Å². The van der Waals surface area contributed by atoms with Gasteiger partial charge in [0.15, 0.2) is 0 Å². The van der Waals surface area contributed by atoms with Gasteiger partial charge in [-0.25, -0.2) is 4.98 Å². The highest BCUT2D eigenvalue weighted by atomic mass is 35.5. The lowest BCUT2D eigenvalue weighted by Gasteiger charge is -2.11. The van der Waals surface area contributed by atoms with Gasteiger partial charge < -0.3 is 5.11 Å². The summed E-state index contributed by atoms with van der Waals surface area (Å²) in [6, 6.07) is 2.68. The van der Waals surface area contributed by atoms with Crippen LogP contribution in [0.1, 0.15) is 19.2 Å². The molecule has 22 heavy (non-hydrogen) atoms. The van der Waals surface area contributed by atoms with Crippen molar-refractivity contribution in [1.82, 2.24) is 14.9 Å². The molecule has 0 aliphatic rings. The van der Waals surface area contributed by atoms with E-state index in [-0.39, 0.29) is 40.5 Å². The van der Waals surface area contributed by atoms with Crippen LogP contribution in [0.4, 0.5) is 0 Å². The maximum Gasteiger partial charge on any atom is 0.265 e. The number of imide groups is 1. The fraction of sp³-hybridized carbons (Fsp3) is 0.286. The SMILES string of the molecule is CCC(=O)NC(=O)Cn1c(C)nc2cc(Cl)cc(O)c2c1=O. The topological polar surface area (TPSA) is 101 Å². The smallest absolute Gasteiger partial charge is 0.265 e. The summed E-state index contributed by atoms with van der Waals surface area (Å²) in [7, 11) is 0. The minimum atomic E-state index is -0.619. The maximum atomic E-state index is 12.4. The lowest BCUT2D eigenvalue weighted by Crippen LogP contribution is -2.36. The fourth-order valence-corrected chi connectivity index (χ4v) is 2.22. The summed E-state index contributed by atoms with van der Waals surface area (Å²) in [6.07, 6.45) is 0.162. The molecule has 0 saturated heterocycles. The third-order valence-corrected chi connectivity index (χ3v) is 3.31. The van der Waals surface area contributed by atoms with Gasteiger partial charge in [-0.3, -0.25) is 24.3 Å². The molecule has 0 fully saturated rings. The molecule has 1 aromatic carbocycles. The quantitative estimate of drug-likeness (QED) is 0.881. The third-order valence-electron chi connectivity index (χ3n) is 3.10. The summed E-state index contributed by atoms with van der Waals surface area (Å²) in [5, 5.41) is 12.3. The molecule has 0 bridgehead atoms. The van der Waals surface area contributed by atoms with Crippen LogP contribution >= 0.6 is 11.6 Å². The summed E-state index contributed by atoms with van der Waals surface area (Å²) in [6.45, 7) is 2.80. The van der Waals surface area contributed by atoms with Gasteiger partial charge in [0, 0.05) is 11.4 Å². The summed E-state index contributed by atoms with van der Waals surface area (Å²) in [4.78, 5) is 39.5. The summed E-state index contributed by atoms with van der Waals surface area (Å²) >= 11 is 5.82. The van der Waals surface area contributed by atoms with Crippen LogP contribution in [-0.4, -0.2) is 26.5 Å². The lowest BCUT2D eigenvalue weighted by atomic mass is 10.2. The Hall–Kier alpha value is -2.41. The van der Waals surface area contributed by atoms with E-state index in [0.717, 1.165) is 4.57 Å². The minimum absolute atomic E-state index is 0.0235. The van der Waals surface area contributed by atoms with Crippen molar-refractivity contribution in [1.29, 1.82) is 0 Å². The normalized spacial score (nSPS) is 10.7. The van der Waals surface area contributed by atoms with E-state index >= 15 is 0 Å². The van der Waals surface area contributed by atoms with Crippen LogP contribution in [0.3, 0.4) is 0 Å². The number of aromatic hydroxyl groups is 1. The van der Waals surface area contributed by atoms with E-state index in [4.69, 9.17) is 11.6 Å². The summed E-state index contributed by atoms with van der Waals surface area (Å²) < 4.78 is 1.09. The molecule has 7 nitrogen and oxygen atoms in total. The van der Waals surface area contributed by atoms with Crippen molar-refractivity contribution in [3.05, 3.63) is 33.3 Å². The van der Waals surface area contributed by atoms with Crippen molar-refractivity contribution in [2.24, 2.45) is 0 Å². The van der Waals surface area contributed by atoms with E-state index in [1.54, 1.807) is 13.8 Å². The predicted octanol–water partition coefficient (Wildman–Crippen LogP) is 1.12. The fourth-order valence-electron chi connectivity index (χ4n) is 2.02. The number of phenolic OH excluding ortho intramolecular Hbond substituents is 1. The number of rotatable bonds is 3. The molecule has 0 spiro atoms. The second-order valence-corrected chi connectivity index (χ2v) is 5.13. The Morgan fingerprint density at radius 3 is 2.68 bits per heavy atom. The van der Waals surface area contributed by atoms with Crippen LogP contribution in [0.5, 0.6) is 5.75 Å². The number of hydrogen-bond acceptors (Lipinski definition) is 5. The zero-order chi connectivity index (χ0) is 16.4. The van der Waals surface area contributed by atoms with Crippen molar-refractivity contribution in [2.75, 3.05) is 0 Å². The van der Waals surface area contributed by atoms with Crippen molar-refractivity contribution < 1.29 is 14.7 Å². The Balaban J connectivity index is 2.49. The molecule has 2 N–H and O–H groups in total. The van der Waals surface area contributed by atoms with E-state index in [2.05, 4.69) is 10.3 Å². The molecule has 116 valence electrons. The van der Waals surface area contributed by atoms with Gasteiger partial charge in [0.1, 0.15) is 23.5 Å². The van der Waals surface area contributed by atoms with E-state index in [9.17, 15) is 19.5 Å². The number of carbonyl (C=O) groups is 2. The third kappa shape index (κ3) is 3.09. The first kappa shape index (κ1) is 16.0. The lowest BCUT2D eigenvalue weighted by molar-refractivity contribution is -0.130. The second kappa shape index (κ2) is 6.15. The average Bonchev–Trinajstić information content (AvgIpc) is 2.42. The molecule has 2 aromatic rings. The number of hydrogen-bond donors (Lipinski definition) is 2. The average molecular weight is 324 g/mol. The van der Waals surface area contributed by atoms with Gasteiger partial charge in [-0.2, -0.15) is 0 Å². The highest BCUT2D eigenvalue weighted by Gasteiger charge is 2.15. The molecule has 2 amide bonds. The molecule has 2 rings (SSSR count). The van der Waals surface area contributed by atoms with E-state index in [1.165, 1.54) is 12.1 Å². The van der Waals surface area contributed by atoms with Crippen LogP contribution < -0.4 is 10.9 Å². The number of amides is 2. The first-order chi connectivity index (χ1) is 10.3. The Morgan fingerprint density at radius 1 is 1.36 bits per heavy atom. The number of carbonyl (C=O) groups excluding carboxylic acids is 2.